The summed E-state index contributed by atoms with van der Waals surface area (Å²) >= 11 is 2.10. The van der Waals surface area contributed by atoms with Crippen LogP contribution in [0.15, 0.2) is 36.5 Å². The number of nitro groups is 1. The standard InChI is InChI=1S/C13H10IN3O3/c1-8-3-2-4-10(12(8)17(19)20)13(18)16-11-6-5-9(14)7-15-11/h2-7H,1H3,(H,15,16,18). The molecule has 0 fully saturated rings. The summed E-state index contributed by atoms with van der Waals surface area (Å²) in [6, 6.07) is 8.05. The van der Waals surface area contributed by atoms with Gasteiger partial charge in [-0.3, -0.25) is 14.9 Å². The van der Waals surface area contributed by atoms with E-state index in [4.69, 9.17) is 0 Å². The molecule has 1 amide bonds. The molecular formula is C13H10IN3O3. The Morgan fingerprint density at radius 2 is 2.10 bits per heavy atom. The first-order valence-corrected chi connectivity index (χ1v) is 6.74. The second-order valence-electron chi connectivity index (χ2n) is 4.04. The minimum atomic E-state index is -0.550. The summed E-state index contributed by atoms with van der Waals surface area (Å²) in [6.45, 7) is 1.60. The van der Waals surface area contributed by atoms with Crippen LogP contribution in [0.4, 0.5) is 11.5 Å². The van der Waals surface area contributed by atoms with Gasteiger partial charge in [0.1, 0.15) is 11.4 Å². The average Bonchev–Trinajstić information content (AvgIpc) is 2.40. The predicted octanol–water partition coefficient (Wildman–Crippen LogP) is 3.16. The minimum absolute atomic E-state index is 0.0235. The van der Waals surface area contributed by atoms with Crippen molar-refractivity contribution < 1.29 is 9.72 Å². The average molecular weight is 383 g/mol. The molecule has 0 saturated heterocycles. The van der Waals surface area contributed by atoms with Gasteiger partial charge in [-0.05, 0) is 47.7 Å². The fraction of sp³-hybridized carbons (Fsp3) is 0.0769. The summed E-state index contributed by atoms with van der Waals surface area (Å²) in [6.07, 6.45) is 1.60. The number of benzene rings is 1. The number of carbonyl (C=O) groups is 1. The zero-order chi connectivity index (χ0) is 14.7. The Morgan fingerprint density at radius 3 is 2.70 bits per heavy atom. The molecule has 6 nitrogen and oxygen atoms in total. The number of aryl methyl sites for hydroxylation is 1. The Labute approximate surface area is 128 Å². The van der Waals surface area contributed by atoms with Gasteiger partial charge in [-0.15, -0.1) is 0 Å². The van der Waals surface area contributed by atoms with E-state index in [-0.39, 0.29) is 11.3 Å². The van der Waals surface area contributed by atoms with Crippen molar-refractivity contribution in [3.05, 3.63) is 61.3 Å². The number of pyridine rings is 1. The summed E-state index contributed by atoms with van der Waals surface area (Å²) in [7, 11) is 0. The lowest BCUT2D eigenvalue weighted by Crippen LogP contribution is -2.15. The molecule has 0 saturated carbocycles. The van der Waals surface area contributed by atoms with Gasteiger partial charge in [0.05, 0.1) is 4.92 Å². The fourth-order valence-electron chi connectivity index (χ4n) is 1.72. The molecule has 0 atom stereocenters. The van der Waals surface area contributed by atoms with Crippen LogP contribution in [0.5, 0.6) is 0 Å². The summed E-state index contributed by atoms with van der Waals surface area (Å²) in [4.78, 5) is 26.7. The molecular weight excluding hydrogens is 373 g/mol. The highest BCUT2D eigenvalue weighted by molar-refractivity contribution is 14.1. The number of aromatic nitrogens is 1. The summed E-state index contributed by atoms with van der Waals surface area (Å²) in [5.41, 5.74) is 0.282. The number of rotatable bonds is 3. The normalized spacial score (nSPS) is 10.1. The van der Waals surface area contributed by atoms with Crippen molar-refractivity contribution in [3.8, 4) is 0 Å². The van der Waals surface area contributed by atoms with Crippen molar-refractivity contribution in [3.63, 3.8) is 0 Å². The molecule has 2 aromatic rings. The first kappa shape index (κ1) is 14.4. The highest BCUT2D eigenvalue weighted by Gasteiger charge is 2.22. The van der Waals surface area contributed by atoms with Crippen LogP contribution in [0.1, 0.15) is 15.9 Å². The number of nitrogens with zero attached hydrogens (tertiary/aromatic N) is 2. The van der Waals surface area contributed by atoms with E-state index in [1.165, 1.54) is 6.07 Å². The molecule has 0 radical (unpaired) electrons. The van der Waals surface area contributed by atoms with Crippen LogP contribution in [0.25, 0.3) is 0 Å². The van der Waals surface area contributed by atoms with E-state index in [2.05, 4.69) is 32.9 Å². The Hall–Kier alpha value is -2.03. The van der Waals surface area contributed by atoms with Crippen molar-refractivity contribution in [1.29, 1.82) is 0 Å². The number of nitro benzene ring substituents is 1. The lowest BCUT2D eigenvalue weighted by Gasteiger charge is -2.06. The molecule has 0 bridgehead atoms. The summed E-state index contributed by atoms with van der Waals surface area (Å²) < 4.78 is 0.933. The van der Waals surface area contributed by atoms with Crippen molar-refractivity contribution in [2.45, 2.75) is 6.92 Å². The predicted molar refractivity (Wildman–Crippen MR) is 82.7 cm³/mol. The fourth-order valence-corrected chi connectivity index (χ4v) is 2.04. The van der Waals surface area contributed by atoms with Gasteiger partial charge in [-0.25, -0.2) is 4.98 Å². The third kappa shape index (κ3) is 3.10. The molecule has 1 aromatic heterocycles. The largest absolute Gasteiger partial charge is 0.306 e. The summed E-state index contributed by atoms with van der Waals surface area (Å²) in [5, 5.41) is 13.6. The van der Waals surface area contributed by atoms with E-state index < -0.39 is 10.8 Å². The van der Waals surface area contributed by atoms with E-state index in [1.54, 1.807) is 37.4 Å². The van der Waals surface area contributed by atoms with Gasteiger partial charge in [0, 0.05) is 15.3 Å². The molecule has 1 N–H and O–H groups in total. The Kier molecular flexibility index (Phi) is 4.28. The van der Waals surface area contributed by atoms with E-state index >= 15 is 0 Å². The minimum Gasteiger partial charge on any atom is -0.306 e. The van der Waals surface area contributed by atoms with E-state index in [9.17, 15) is 14.9 Å². The third-order valence-corrected chi connectivity index (χ3v) is 3.27. The number of amides is 1. The second-order valence-corrected chi connectivity index (χ2v) is 5.29. The highest BCUT2D eigenvalue weighted by Crippen LogP contribution is 2.23. The van der Waals surface area contributed by atoms with E-state index in [0.29, 0.717) is 11.4 Å². The summed E-state index contributed by atoms with van der Waals surface area (Å²) in [5.74, 6) is -0.194. The topological polar surface area (TPSA) is 85.1 Å². The monoisotopic (exact) mass is 383 g/mol. The quantitative estimate of drug-likeness (QED) is 0.501. The number of hydrogen-bond acceptors (Lipinski definition) is 4. The number of hydrogen-bond donors (Lipinski definition) is 1. The maximum absolute atomic E-state index is 12.1. The second kappa shape index (κ2) is 5.95. The molecule has 0 aliphatic rings. The highest BCUT2D eigenvalue weighted by atomic mass is 127. The zero-order valence-corrected chi connectivity index (χ0v) is 12.6. The number of nitrogens with one attached hydrogen (secondary N) is 1. The van der Waals surface area contributed by atoms with Crippen LogP contribution < -0.4 is 5.32 Å². The lowest BCUT2D eigenvalue weighted by molar-refractivity contribution is -0.385. The first-order chi connectivity index (χ1) is 9.49. The molecule has 1 aromatic carbocycles. The van der Waals surface area contributed by atoms with Crippen molar-refractivity contribution in [2.24, 2.45) is 0 Å². The SMILES string of the molecule is Cc1cccc(C(=O)Nc2ccc(I)cn2)c1[N+](=O)[O-]. The van der Waals surface area contributed by atoms with Gasteiger partial charge in [0.25, 0.3) is 11.6 Å². The molecule has 1 heterocycles. The maximum atomic E-state index is 12.1. The van der Waals surface area contributed by atoms with Crippen LogP contribution in [0.3, 0.4) is 0 Å². The van der Waals surface area contributed by atoms with Crippen LogP contribution in [-0.2, 0) is 0 Å². The lowest BCUT2D eigenvalue weighted by atomic mass is 10.1. The van der Waals surface area contributed by atoms with Crippen molar-refractivity contribution in [1.82, 2.24) is 4.98 Å². The van der Waals surface area contributed by atoms with Gasteiger partial charge < -0.3 is 5.32 Å². The van der Waals surface area contributed by atoms with E-state index in [1.807, 2.05) is 0 Å². The Morgan fingerprint density at radius 1 is 1.35 bits per heavy atom. The smallest absolute Gasteiger partial charge is 0.285 e. The Balaban J connectivity index is 2.32. The van der Waals surface area contributed by atoms with Crippen LogP contribution in [0, 0.1) is 20.6 Å². The molecule has 20 heavy (non-hydrogen) atoms. The molecule has 2 rings (SSSR count). The molecule has 0 spiro atoms. The van der Waals surface area contributed by atoms with Gasteiger partial charge in [0.2, 0.25) is 0 Å². The number of halogens is 1. The molecule has 0 aliphatic carbocycles. The Bertz CT molecular complexity index is 671. The van der Waals surface area contributed by atoms with Crippen molar-refractivity contribution in [2.75, 3.05) is 5.32 Å². The number of para-hydroxylation sites is 1. The number of anilines is 1. The zero-order valence-electron chi connectivity index (χ0n) is 10.5. The number of carbonyl (C=O) groups excluding carboxylic acids is 1. The van der Waals surface area contributed by atoms with E-state index in [0.717, 1.165) is 3.57 Å². The van der Waals surface area contributed by atoms with Crippen molar-refractivity contribution >= 4 is 40.0 Å². The van der Waals surface area contributed by atoms with Gasteiger partial charge in [0.15, 0.2) is 0 Å². The van der Waals surface area contributed by atoms with Gasteiger partial charge in [-0.1, -0.05) is 12.1 Å². The maximum Gasteiger partial charge on any atom is 0.285 e. The molecule has 102 valence electrons. The molecule has 0 unspecified atom stereocenters. The van der Waals surface area contributed by atoms with Gasteiger partial charge in [-0.2, -0.15) is 0 Å². The first-order valence-electron chi connectivity index (χ1n) is 5.66. The van der Waals surface area contributed by atoms with Crippen LogP contribution in [-0.4, -0.2) is 15.8 Å². The molecule has 0 aliphatic heterocycles. The molecule has 7 heteroatoms. The van der Waals surface area contributed by atoms with Crippen LogP contribution >= 0.6 is 22.6 Å². The van der Waals surface area contributed by atoms with Gasteiger partial charge >= 0.3 is 0 Å². The van der Waals surface area contributed by atoms with Crippen LogP contribution in [0.2, 0.25) is 0 Å². The third-order valence-electron chi connectivity index (χ3n) is 2.63.